The molecule has 0 spiro atoms. The summed E-state index contributed by atoms with van der Waals surface area (Å²) in [5.41, 5.74) is 3.47. The summed E-state index contributed by atoms with van der Waals surface area (Å²) in [7, 11) is 1.49. The van der Waals surface area contributed by atoms with Crippen molar-refractivity contribution in [3.63, 3.8) is 0 Å². The Labute approximate surface area is 126 Å². The van der Waals surface area contributed by atoms with E-state index in [1.165, 1.54) is 19.1 Å². The number of nitrogens with one attached hydrogen (secondary N) is 1. The van der Waals surface area contributed by atoms with Crippen molar-refractivity contribution in [1.82, 2.24) is 5.32 Å². The highest BCUT2D eigenvalue weighted by atomic mass is 16.5. The van der Waals surface area contributed by atoms with Crippen molar-refractivity contribution in [3.8, 4) is 0 Å². The molecule has 112 valence electrons. The van der Waals surface area contributed by atoms with Gasteiger partial charge in [0.2, 0.25) is 0 Å². The molecule has 0 amide bonds. The molecule has 0 aromatic heterocycles. The average molecular weight is 285 g/mol. The first kappa shape index (κ1) is 14.3. The zero-order valence-corrected chi connectivity index (χ0v) is 12.8. The Kier molecular flexibility index (Phi) is 3.85. The van der Waals surface area contributed by atoms with E-state index in [0.717, 1.165) is 24.0 Å². The zero-order valence-electron chi connectivity index (χ0n) is 12.8. The van der Waals surface area contributed by atoms with Crippen LogP contribution in [0.5, 0.6) is 0 Å². The summed E-state index contributed by atoms with van der Waals surface area (Å²) in [6.07, 6.45) is 3.26. The highest BCUT2D eigenvalue weighted by Crippen LogP contribution is 2.42. The van der Waals surface area contributed by atoms with Crippen LogP contribution in [-0.4, -0.2) is 25.2 Å². The molecule has 2 fully saturated rings. The Morgan fingerprint density at radius 2 is 2.00 bits per heavy atom. The molecule has 4 atom stereocenters. The van der Waals surface area contributed by atoms with Crippen molar-refractivity contribution in [1.29, 1.82) is 0 Å². The normalized spacial score (nSPS) is 31.0. The van der Waals surface area contributed by atoms with E-state index in [4.69, 9.17) is 4.74 Å². The van der Waals surface area contributed by atoms with Gasteiger partial charge in [-0.1, -0.05) is 36.4 Å². The van der Waals surface area contributed by atoms with E-state index >= 15 is 0 Å². The topological polar surface area (TPSA) is 38.3 Å². The number of hydrogen-bond acceptors (Lipinski definition) is 3. The molecule has 2 bridgehead atoms. The highest BCUT2D eigenvalue weighted by molar-refractivity contribution is 5.75. The third-order valence-electron chi connectivity index (χ3n) is 4.99. The van der Waals surface area contributed by atoms with Gasteiger partial charge >= 0.3 is 5.97 Å². The zero-order chi connectivity index (χ0) is 15.0. The second-order valence-corrected chi connectivity index (χ2v) is 6.34. The van der Waals surface area contributed by atoms with Crippen LogP contribution < -0.4 is 5.32 Å². The summed E-state index contributed by atoms with van der Waals surface area (Å²) >= 11 is 0. The number of ether oxygens (including phenoxy) is 1. The number of carbonyl (C=O) groups is 1. The molecule has 0 radical (unpaired) electrons. The molecular formula is C18H23NO2. The highest BCUT2D eigenvalue weighted by Gasteiger charge is 2.46. The van der Waals surface area contributed by atoms with Crippen LogP contribution >= 0.6 is 0 Å². The summed E-state index contributed by atoms with van der Waals surface area (Å²) < 4.78 is 5.06. The fourth-order valence-corrected chi connectivity index (χ4v) is 3.88. The van der Waals surface area contributed by atoms with E-state index in [0.29, 0.717) is 6.04 Å². The quantitative estimate of drug-likeness (QED) is 0.867. The minimum atomic E-state index is -0.0816. The average Bonchev–Trinajstić information content (AvgIpc) is 2.88. The lowest BCUT2D eigenvalue weighted by molar-refractivity contribution is -0.148. The number of carbonyl (C=O) groups excluding carboxylic acids is 1. The van der Waals surface area contributed by atoms with Gasteiger partial charge in [0.25, 0.3) is 0 Å². The number of piperidine rings is 1. The van der Waals surface area contributed by atoms with Crippen molar-refractivity contribution in [2.24, 2.45) is 5.92 Å². The van der Waals surface area contributed by atoms with Crippen molar-refractivity contribution < 1.29 is 9.53 Å². The van der Waals surface area contributed by atoms with Crippen molar-refractivity contribution in [2.45, 2.75) is 44.2 Å². The molecule has 21 heavy (non-hydrogen) atoms. The van der Waals surface area contributed by atoms with E-state index in [2.05, 4.69) is 36.2 Å². The molecule has 2 unspecified atom stereocenters. The van der Waals surface area contributed by atoms with Crippen molar-refractivity contribution >= 4 is 11.5 Å². The van der Waals surface area contributed by atoms with Crippen LogP contribution in [0.1, 0.15) is 43.2 Å². The van der Waals surface area contributed by atoms with Gasteiger partial charge in [0.05, 0.1) is 13.0 Å². The molecule has 3 heteroatoms. The van der Waals surface area contributed by atoms with Gasteiger partial charge in [-0.15, -0.1) is 0 Å². The minimum absolute atomic E-state index is 0.0653. The Balaban J connectivity index is 1.90. The number of benzene rings is 1. The molecule has 2 heterocycles. The summed E-state index contributed by atoms with van der Waals surface area (Å²) in [6.45, 7) is 5.98. The Hall–Kier alpha value is -1.61. The molecule has 1 aromatic rings. The van der Waals surface area contributed by atoms with Crippen LogP contribution in [0.4, 0.5) is 0 Å². The predicted octanol–water partition coefficient (Wildman–Crippen LogP) is 3.12. The molecule has 0 saturated carbocycles. The molecule has 2 aliphatic rings. The molecule has 1 N–H and O–H groups in total. The molecular weight excluding hydrogens is 262 g/mol. The monoisotopic (exact) mass is 285 g/mol. The van der Waals surface area contributed by atoms with E-state index < -0.39 is 0 Å². The standard InChI is InChI=1S/C18H23NO2/c1-11(2)12-4-6-13(7-5-12)15-10-14-8-9-16(19-14)17(15)18(20)21-3/h4-7,14-17,19H,1,8-10H2,2-3H3/t14-,15?,16-,17?/m1/s1. The number of rotatable bonds is 3. The van der Waals surface area contributed by atoms with Crippen LogP contribution in [0.3, 0.4) is 0 Å². The lowest BCUT2D eigenvalue weighted by Gasteiger charge is -2.36. The Bertz CT molecular complexity index is 549. The van der Waals surface area contributed by atoms with Gasteiger partial charge in [0, 0.05) is 18.0 Å². The smallest absolute Gasteiger partial charge is 0.310 e. The van der Waals surface area contributed by atoms with Crippen molar-refractivity contribution in [2.75, 3.05) is 7.11 Å². The summed E-state index contributed by atoms with van der Waals surface area (Å²) in [5.74, 6) is 0.113. The van der Waals surface area contributed by atoms with Gasteiger partial charge in [-0.25, -0.2) is 0 Å². The first-order valence-corrected chi connectivity index (χ1v) is 7.70. The predicted molar refractivity (Wildman–Crippen MR) is 84.0 cm³/mol. The maximum absolute atomic E-state index is 12.2. The fourth-order valence-electron chi connectivity index (χ4n) is 3.88. The van der Waals surface area contributed by atoms with Crippen LogP contribution in [0.2, 0.25) is 0 Å². The first-order valence-electron chi connectivity index (χ1n) is 7.70. The first-order chi connectivity index (χ1) is 10.1. The SMILES string of the molecule is C=C(C)c1ccc(C2C[C@H]3CC[C@@H](N3)C2C(=O)OC)cc1. The van der Waals surface area contributed by atoms with Crippen LogP contribution in [0.25, 0.3) is 5.57 Å². The van der Waals surface area contributed by atoms with Gasteiger partial charge in [-0.2, -0.15) is 0 Å². The molecule has 3 rings (SSSR count). The minimum Gasteiger partial charge on any atom is -0.469 e. The van der Waals surface area contributed by atoms with E-state index in [1.807, 2.05) is 6.92 Å². The molecule has 0 aliphatic carbocycles. The third kappa shape index (κ3) is 2.62. The number of fused-ring (bicyclic) bond motifs is 2. The molecule has 2 saturated heterocycles. The van der Waals surface area contributed by atoms with Crippen LogP contribution in [-0.2, 0) is 9.53 Å². The number of allylic oxidation sites excluding steroid dienone is 1. The van der Waals surface area contributed by atoms with E-state index in [9.17, 15) is 4.79 Å². The van der Waals surface area contributed by atoms with E-state index in [1.54, 1.807) is 0 Å². The second kappa shape index (κ2) is 5.64. The Morgan fingerprint density at radius 3 is 2.62 bits per heavy atom. The van der Waals surface area contributed by atoms with Gasteiger partial charge in [-0.3, -0.25) is 4.79 Å². The second-order valence-electron chi connectivity index (χ2n) is 6.34. The van der Waals surface area contributed by atoms with Gasteiger partial charge in [0.1, 0.15) is 0 Å². The lowest BCUT2D eigenvalue weighted by Crippen LogP contribution is -2.48. The lowest BCUT2D eigenvalue weighted by atomic mass is 9.77. The van der Waals surface area contributed by atoms with Gasteiger partial charge in [-0.05, 0) is 37.3 Å². The molecule has 3 nitrogen and oxygen atoms in total. The van der Waals surface area contributed by atoms with Gasteiger partial charge < -0.3 is 10.1 Å². The Morgan fingerprint density at radius 1 is 1.29 bits per heavy atom. The molecule has 2 aliphatic heterocycles. The fraction of sp³-hybridized carbons (Fsp3) is 0.500. The third-order valence-corrected chi connectivity index (χ3v) is 4.99. The van der Waals surface area contributed by atoms with E-state index in [-0.39, 0.29) is 23.8 Å². The van der Waals surface area contributed by atoms with Crippen molar-refractivity contribution in [3.05, 3.63) is 42.0 Å². The maximum atomic E-state index is 12.2. The summed E-state index contributed by atoms with van der Waals surface area (Å²) in [6, 6.07) is 9.32. The number of hydrogen-bond donors (Lipinski definition) is 1. The maximum Gasteiger partial charge on any atom is 0.310 e. The number of methoxy groups -OCH3 is 1. The molecule has 1 aromatic carbocycles. The summed E-state index contributed by atoms with van der Waals surface area (Å²) in [4.78, 5) is 12.2. The van der Waals surface area contributed by atoms with Crippen LogP contribution in [0.15, 0.2) is 30.8 Å². The van der Waals surface area contributed by atoms with Gasteiger partial charge in [0.15, 0.2) is 0 Å². The summed E-state index contributed by atoms with van der Waals surface area (Å²) in [5, 5.41) is 3.57. The van der Waals surface area contributed by atoms with Crippen LogP contribution in [0, 0.1) is 5.92 Å². The largest absolute Gasteiger partial charge is 0.469 e. The number of esters is 1.